The molecule has 0 bridgehead atoms. The first-order valence-electron chi connectivity index (χ1n) is 9.29. The van der Waals surface area contributed by atoms with Gasteiger partial charge in [0.15, 0.2) is 5.16 Å². The fourth-order valence-electron chi connectivity index (χ4n) is 3.22. The Morgan fingerprint density at radius 3 is 2.56 bits per heavy atom. The van der Waals surface area contributed by atoms with Crippen LogP contribution < -0.4 is 10.6 Å². The zero-order valence-corrected chi connectivity index (χ0v) is 15.8. The topological polar surface area (TPSA) is 88.9 Å². The third kappa shape index (κ3) is 4.74. The summed E-state index contributed by atoms with van der Waals surface area (Å²) in [6, 6.07) is -0.200. The number of thioether (sulfide) groups is 1. The zero-order valence-electron chi connectivity index (χ0n) is 15.0. The number of nitrogens with zero attached hydrogens (tertiary/aromatic N) is 3. The van der Waals surface area contributed by atoms with Crippen LogP contribution in [-0.4, -0.2) is 38.0 Å². The van der Waals surface area contributed by atoms with Gasteiger partial charge in [-0.1, -0.05) is 31.0 Å². The molecule has 0 aromatic carbocycles. The predicted molar refractivity (Wildman–Crippen MR) is 96.5 cm³/mol. The first-order valence-corrected chi connectivity index (χ1v) is 10.2. The lowest BCUT2D eigenvalue weighted by molar-refractivity contribution is -0.119. The average molecular weight is 366 g/mol. The van der Waals surface area contributed by atoms with Gasteiger partial charge < -0.3 is 9.88 Å². The van der Waals surface area contributed by atoms with Crippen LogP contribution in [0.5, 0.6) is 0 Å². The monoisotopic (exact) mass is 365 g/mol. The van der Waals surface area contributed by atoms with Crippen molar-refractivity contribution in [3.63, 3.8) is 0 Å². The van der Waals surface area contributed by atoms with Gasteiger partial charge >= 0.3 is 6.03 Å². The molecule has 25 heavy (non-hydrogen) atoms. The van der Waals surface area contributed by atoms with Gasteiger partial charge in [-0.2, -0.15) is 0 Å². The van der Waals surface area contributed by atoms with Gasteiger partial charge in [-0.15, -0.1) is 10.2 Å². The number of hydrogen-bond acceptors (Lipinski definition) is 5. The van der Waals surface area contributed by atoms with Crippen molar-refractivity contribution in [3.8, 4) is 0 Å². The Bertz CT molecular complexity index is 623. The summed E-state index contributed by atoms with van der Waals surface area (Å²) in [5.41, 5.74) is 0. The van der Waals surface area contributed by atoms with Crippen LogP contribution in [0.1, 0.15) is 70.5 Å². The van der Waals surface area contributed by atoms with E-state index in [1.807, 2.05) is 0 Å². The van der Waals surface area contributed by atoms with Crippen molar-refractivity contribution < 1.29 is 9.59 Å². The number of rotatable bonds is 6. The third-order valence-corrected chi connectivity index (χ3v) is 5.91. The summed E-state index contributed by atoms with van der Waals surface area (Å²) >= 11 is 1.35. The van der Waals surface area contributed by atoms with E-state index in [1.165, 1.54) is 31.0 Å². The maximum Gasteiger partial charge on any atom is 0.321 e. The summed E-state index contributed by atoms with van der Waals surface area (Å²) in [5.74, 6) is 1.25. The highest BCUT2D eigenvalue weighted by Crippen LogP contribution is 2.40. The first-order chi connectivity index (χ1) is 12.1. The number of carbonyl (C=O) groups excluding carboxylic acids is 2. The van der Waals surface area contributed by atoms with E-state index in [-0.39, 0.29) is 18.0 Å². The van der Waals surface area contributed by atoms with Crippen LogP contribution in [-0.2, 0) is 11.3 Å². The molecule has 2 aliphatic carbocycles. The number of imide groups is 1. The van der Waals surface area contributed by atoms with E-state index in [4.69, 9.17) is 0 Å². The number of carbonyl (C=O) groups is 2. The Kier molecular flexibility index (Phi) is 5.98. The highest BCUT2D eigenvalue weighted by Gasteiger charge is 2.31. The van der Waals surface area contributed by atoms with Crippen molar-refractivity contribution >= 4 is 23.7 Å². The van der Waals surface area contributed by atoms with E-state index >= 15 is 0 Å². The smallest absolute Gasteiger partial charge is 0.321 e. The molecule has 0 spiro atoms. The summed E-state index contributed by atoms with van der Waals surface area (Å²) in [5, 5.41) is 14.2. The molecule has 3 rings (SSSR count). The lowest BCUT2D eigenvalue weighted by atomic mass is 9.96. The van der Waals surface area contributed by atoms with Crippen molar-refractivity contribution in [3.05, 3.63) is 5.82 Å². The van der Waals surface area contributed by atoms with E-state index in [0.717, 1.165) is 43.2 Å². The molecule has 8 heteroatoms. The normalized spacial score (nSPS) is 19.4. The SMILES string of the molecule is CCn1c(S[C@@H](C)C(=O)NC(=O)NC2CCCCC2)nnc1C1CC1. The molecule has 0 saturated heterocycles. The van der Waals surface area contributed by atoms with Gasteiger partial charge in [0, 0.05) is 18.5 Å². The molecule has 0 radical (unpaired) electrons. The second-order valence-corrected chi connectivity index (χ2v) is 8.22. The second-order valence-electron chi connectivity index (χ2n) is 6.92. The van der Waals surface area contributed by atoms with Crippen LogP contribution in [0.3, 0.4) is 0 Å². The quantitative estimate of drug-likeness (QED) is 0.757. The van der Waals surface area contributed by atoms with Crippen molar-refractivity contribution in [2.24, 2.45) is 0 Å². The Labute approximate surface area is 152 Å². The maximum absolute atomic E-state index is 12.3. The molecule has 2 fully saturated rings. The number of hydrogen-bond donors (Lipinski definition) is 2. The fourth-order valence-corrected chi connectivity index (χ4v) is 4.14. The molecule has 2 N–H and O–H groups in total. The Morgan fingerprint density at radius 2 is 1.92 bits per heavy atom. The molecule has 1 aromatic rings. The van der Waals surface area contributed by atoms with E-state index in [1.54, 1.807) is 6.92 Å². The molecule has 0 aliphatic heterocycles. The molecule has 1 atom stereocenters. The summed E-state index contributed by atoms with van der Waals surface area (Å²) < 4.78 is 2.08. The van der Waals surface area contributed by atoms with Crippen LogP contribution >= 0.6 is 11.8 Å². The van der Waals surface area contributed by atoms with Crippen molar-refractivity contribution in [2.45, 2.75) is 87.7 Å². The van der Waals surface area contributed by atoms with Gasteiger partial charge in [-0.3, -0.25) is 10.1 Å². The van der Waals surface area contributed by atoms with Gasteiger partial charge in [-0.25, -0.2) is 4.79 Å². The summed E-state index contributed by atoms with van der Waals surface area (Å²) in [6.07, 6.45) is 7.83. The zero-order chi connectivity index (χ0) is 17.8. The lowest BCUT2D eigenvalue weighted by Crippen LogP contribution is -2.47. The third-order valence-electron chi connectivity index (χ3n) is 4.83. The minimum Gasteiger partial charge on any atom is -0.335 e. The molecule has 3 amide bonds. The van der Waals surface area contributed by atoms with Gasteiger partial charge in [-0.05, 0) is 39.5 Å². The highest BCUT2D eigenvalue weighted by atomic mass is 32.2. The summed E-state index contributed by atoms with van der Waals surface area (Å²) in [6.45, 7) is 4.64. The largest absolute Gasteiger partial charge is 0.335 e. The average Bonchev–Trinajstić information content (AvgIpc) is 3.36. The van der Waals surface area contributed by atoms with Gasteiger partial charge in [0.25, 0.3) is 0 Å². The maximum atomic E-state index is 12.3. The van der Waals surface area contributed by atoms with Crippen LogP contribution in [0, 0.1) is 0 Å². The number of amides is 3. The van der Waals surface area contributed by atoms with Gasteiger partial charge in [0.2, 0.25) is 5.91 Å². The van der Waals surface area contributed by atoms with Gasteiger partial charge in [0.1, 0.15) is 5.82 Å². The highest BCUT2D eigenvalue weighted by molar-refractivity contribution is 8.00. The molecule has 2 aliphatic rings. The summed E-state index contributed by atoms with van der Waals surface area (Å²) in [7, 11) is 0. The van der Waals surface area contributed by atoms with Crippen LogP contribution in [0.15, 0.2) is 5.16 Å². The molecule has 1 aromatic heterocycles. The van der Waals surface area contributed by atoms with Crippen molar-refractivity contribution in [1.29, 1.82) is 0 Å². The van der Waals surface area contributed by atoms with E-state index in [0.29, 0.717) is 5.92 Å². The molecule has 0 unspecified atom stereocenters. The Morgan fingerprint density at radius 1 is 1.20 bits per heavy atom. The lowest BCUT2D eigenvalue weighted by Gasteiger charge is -2.23. The molecular weight excluding hydrogens is 338 g/mol. The molecule has 2 saturated carbocycles. The Hall–Kier alpha value is -1.57. The van der Waals surface area contributed by atoms with E-state index < -0.39 is 5.25 Å². The van der Waals surface area contributed by atoms with Crippen LogP contribution in [0.25, 0.3) is 0 Å². The molecule has 1 heterocycles. The molecule has 138 valence electrons. The number of aromatic nitrogens is 3. The van der Waals surface area contributed by atoms with Crippen molar-refractivity contribution in [1.82, 2.24) is 25.4 Å². The van der Waals surface area contributed by atoms with E-state index in [2.05, 4.69) is 32.3 Å². The van der Waals surface area contributed by atoms with Crippen molar-refractivity contribution in [2.75, 3.05) is 0 Å². The van der Waals surface area contributed by atoms with Gasteiger partial charge in [0.05, 0.1) is 5.25 Å². The van der Waals surface area contributed by atoms with E-state index in [9.17, 15) is 9.59 Å². The minimum atomic E-state index is -0.404. The van der Waals surface area contributed by atoms with Crippen LogP contribution in [0.4, 0.5) is 4.79 Å². The number of urea groups is 1. The number of nitrogens with one attached hydrogen (secondary N) is 2. The summed E-state index contributed by atoms with van der Waals surface area (Å²) in [4.78, 5) is 24.3. The standard InChI is InChI=1S/C17H27N5O2S/c1-3-22-14(12-9-10-12)20-21-17(22)25-11(2)15(23)19-16(24)18-13-7-5-4-6-8-13/h11-13H,3-10H2,1-2H3,(H2,18,19,23,24)/t11-/m0/s1. The predicted octanol–water partition coefficient (Wildman–Crippen LogP) is 2.81. The minimum absolute atomic E-state index is 0.189. The van der Waals surface area contributed by atoms with Crippen LogP contribution in [0.2, 0.25) is 0 Å². The first kappa shape index (κ1) is 18.2. The molecule has 7 nitrogen and oxygen atoms in total. The fraction of sp³-hybridized carbons (Fsp3) is 0.765. The second kappa shape index (κ2) is 8.21. The molecular formula is C17H27N5O2S. The Balaban J connectivity index is 1.51.